The molecule has 0 aliphatic heterocycles. The van der Waals surface area contributed by atoms with Crippen LogP contribution >= 0.6 is 23.2 Å². The van der Waals surface area contributed by atoms with Gasteiger partial charge >= 0.3 is 0 Å². The third-order valence-corrected chi connectivity index (χ3v) is 2.49. The standard InChI is InChI=1S/C11H5Cl2FN4/c12-7-2-1-6(4-15)9(3-7)17-10-8(14)5-16-11(13)18-10/h1-3,5H,(H,16,17,18). The number of anilines is 2. The Kier molecular flexibility index (Phi) is 3.60. The summed E-state index contributed by atoms with van der Waals surface area (Å²) in [6.07, 6.45) is 0.939. The number of rotatable bonds is 2. The van der Waals surface area contributed by atoms with Gasteiger partial charge in [0.25, 0.3) is 0 Å². The summed E-state index contributed by atoms with van der Waals surface area (Å²) in [6, 6.07) is 6.54. The van der Waals surface area contributed by atoms with Crippen molar-refractivity contribution in [2.75, 3.05) is 5.32 Å². The zero-order chi connectivity index (χ0) is 13.1. The Labute approximate surface area is 112 Å². The van der Waals surface area contributed by atoms with Gasteiger partial charge in [0.2, 0.25) is 5.28 Å². The minimum absolute atomic E-state index is 0.0977. The summed E-state index contributed by atoms with van der Waals surface area (Å²) in [5.41, 5.74) is 0.659. The van der Waals surface area contributed by atoms with Gasteiger partial charge in [-0.2, -0.15) is 10.2 Å². The highest BCUT2D eigenvalue weighted by Crippen LogP contribution is 2.24. The number of halogens is 3. The van der Waals surface area contributed by atoms with Crippen LogP contribution in [-0.4, -0.2) is 9.97 Å². The fraction of sp³-hybridized carbons (Fsp3) is 0. The summed E-state index contributed by atoms with van der Waals surface area (Å²) in [5.74, 6) is -0.794. The molecular weight excluding hydrogens is 278 g/mol. The lowest BCUT2D eigenvalue weighted by molar-refractivity contribution is 0.619. The van der Waals surface area contributed by atoms with Crippen LogP contribution in [0.25, 0.3) is 0 Å². The highest BCUT2D eigenvalue weighted by molar-refractivity contribution is 6.31. The van der Waals surface area contributed by atoms with E-state index in [0.717, 1.165) is 6.20 Å². The second kappa shape index (κ2) is 5.17. The Balaban J connectivity index is 2.43. The molecule has 0 bridgehead atoms. The zero-order valence-corrected chi connectivity index (χ0v) is 10.3. The largest absolute Gasteiger partial charge is 0.337 e. The highest BCUT2D eigenvalue weighted by Gasteiger charge is 2.09. The molecule has 0 fully saturated rings. The first kappa shape index (κ1) is 12.6. The minimum Gasteiger partial charge on any atom is -0.337 e. The maximum absolute atomic E-state index is 13.4. The summed E-state index contributed by atoms with van der Waals surface area (Å²) < 4.78 is 13.4. The van der Waals surface area contributed by atoms with Gasteiger partial charge in [-0.25, -0.2) is 9.37 Å². The molecule has 2 aromatic rings. The second-order valence-corrected chi connectivity index (χ2v) is 4.04. The van der Waals surface area contributed by atoms with Gasteiger partial charge in [0.15, 0.2) is 11.6 Å². The van der Waals surface area contributed by atoms with Crippen molar-refractivity contribution in [2.45, 2.75) is 0 Å². The Bertz CT molecular complexity index is 639. The first-order valence-electron chi connectivity index (χ1n) is 4.75. The second-order valence-electron chi connectivity index (χ2n) is 3.26. The van der Waals surface area contributed by atoms with Crippen LogP contribution in [-0.2, 0) is 0 Å². The van der Waals surface area contributed by atoms with Crippen LogP contribution < -0.4 is 5.32 Å². The SMILES string of the molecule is N#Cc1ccc(Cl)cc1Nc1nc(Cl)ncc1F. The van der Waals surface area contributed by atoms with Crippen LogP contribution in [0.2, 0.25) is 10.3 Å². The zero-order valence-electron chi connectivity index (χ0n) is 8.78. The monoisotopic (exact) mass is 282 g/mol. The number of benzene rings is 1. The molecular formula is C11H5Cl2FN4. The summed E-state index contributed by atoms with van der Waals surface area (Å²) in [5, 5.41) is 11.9. The van der Waals surface area contributed by atoms with Crippen LogP contribution in [0, 0.1) is 17.1 Å². The predicted molar refractivity (Wildman–Crippen MR) is 66.4 cm³/mol. The van der Waals surface area contributed by atoms with Crippen LogP contribution in [0.1, 0.15) is 5.56 Å². The summed E-state index contributed by atoms with van der Waals surface area (Å²) >= 11 is 11.4. The van der Waals surface area contributed by atoms with Gasteiger partial charge in [-0.05, 0) is 29.8 Å². The molecule has 2 rings (SSSR count). The average Bonchev–Trinajstić information content (AvgIpc) is 2.34. The van der Waals surface area contributed by atoms with Crippen LogP contribution in [0.15, 0.2) is 24.4 Å². The molecule has 1 N–H and O–H groups in total. The summed E-state index contributed by atoms with van der Waals surface area (Å²) in [4.78, 5) is 7.18. The van der Waals surface area contributed by atoms with E-state index < -0.39 is 5.82 Å². The molecule has 1 heterocycles. The van der Waals surface area contributed by atoms with Crippen molar-refractivity contribution < 1.29 is 4.39 Å². The molecule has 18 heavy (non-hydrogen) atoms. The molecule has 0 saturated carbocycles. The third kappa shape index (κ3) is 2.67. The van der Waals surface area contributed by atoms with E-state index in [1.807, 2.05) is 6.07 Å². The first-order chi connectivity index (χ1) is 8.60. The van der Waals surface area contributed by atoms with Gasteiger partial charge in [0, 0.05) is 5.02 Å². The van der Waals surface area contributed by atoms with E-state index in [0.29, 0.717) is 16.3 Å². The molecule has 0 aliphatic rings. The van der Waals surface area contributed by atoms with Crippen molar-refractivity contribution in [3.8, 4) is 6.07 Å². The van der Waals surface area contributed by atoms with Gasteiger partial charge in [0.05, 0.1) is 17.4 Å². The topological polar surface area (TPSA) is 61.6 Å². The maximum Gasteiger partial charge on any atom is 0.224 e. The lowest BCUT2D eigenvalue weighted by Crippen LogP contribution is -2.00. The molecule has 0 radical (unpaired) electrons. The Morgan fingerprint density at radius 1 is 1.33 bits per heavy atom. The molecule has 0 aliphatic carbocycles. The molecule has 0 amide bonds. The highest BCUT2D eigenvalue weighted by atomic mass is 35.5. The number of nitrogens with one attached hydrogen (secondary N) is 1. The number of hydrogen-bond acceptors (Lipinski definition) is 4. The quantitative estimate of drug-likeness (QED) is 0.856. The van der Waals surface area contributed by atoms with Gasteiger partial charge in [0.1, 0.15) is 6.07 Å². The van der Waals surface area contributed by atoms with Crippen molar-refractivity contribution in [2.24, 2.45) is 0 Å². The molecule has 0 spiro atoms. The Hall–Kier alpha value is -1.90. The van der Waals surface area contributed by atoms with E-state index in [1.54, 1.807) is 6.07 Å². The normalized spacial score (nSPS) is 9.89. The van der Waals surface area contributed by atoms with Crippen molar-refractivity contribution in [1.29, 1.82) is 5.26 Å². The van der Waals surface area contributed by atoms with Crippen molar-refractivity contribution in [1.82, 2.24) is 9.97 Å². The fourth-order valence-corrected chi connectivity index (χ4v) is 1.58. The Morgan fingerprint density at radius 3 is 2.83 bits per heavy atom. The van der Waals surface area contributed by atoms with Crippen LogP contribution in [0.4, 0.5) is 15.9 Å². The summed E-state index contributed by atoms with van der Waals surface area (Å²) in [6.45, 7) is 0. The molecule has 1 aromatic carbocycles. The van der Waals surface area contributed by atoms with Crippen molar-refractivity contribution in [3.05, 3.63) is 46.1 Å². The molecule has 90 valence electrons. The van der Waals surface area contributed by atoms with Crippen molar-refractivity contribution in [3.63, 3.8) is 0 Å². The molecule has 0 saturated heterocycles. The van der Waals surface area contributed by atoms with Gasteiger partial charge in [-0.15, -0.1) is 0 Å². The van der Waals surface area contributed by atoms with E-state index in [-0.39, 0.29) is 11.1 Å². The minimum atomic E-state index is -0.678. The molecule has 7 heteroatoms. The van der Waals surface area contributed by atoms with Crippen LogP contribution in [0.3, 0.4) is 0 Å². The van der Waals surface area contributed by atoms with E-state index in [4.69, 9.17) is 28.5 Å². The lowest BCUT2D eigenvalue weighted by atomic mass is 10.2. The third-order valence-electron chi connectivity index (χ3n) is 2.07. The van der Waals surface area contributed by atoms with Gasteiger partial charge in [-0.1, -0.05) is 11.6 Å². The smallest absolute Gasteiger partial charge is 0.224 e. The maximum atomic E-state index is 13.4. The van der Waals surface area contributed by atoms with E-state index in [2.05, 4.69) is 15.3 Å². The number of aromatic nitrogens is 2. The number of hydrogen-bond donors (Lipinski definition) is 1. The number of nitriles is 1. The van der Waals surface area contributed by atoms with E-state index in [9.17, 15) is 4.39 Å². The van der Waals surface area contributed by atoms with Gasteiger partial charge in [-0.3, -0.25) is 0 Å². The number of nitrogens with zero attached hydrogens (tertiary/aromatic N) is 3. The van der Waals surface area contributed by atoms with Crippen LogP contribution in [0.5, 0.6) is 0 Å². The Morgan fingerprint density at radius 2 is 2.11 bits per heavy atom. The van der Waals surface area contributed by atoms with E-state index >= 15 is 0 Å². The molecule has 0 atom stereocenters. The average molecular weight is 283 g/mol. The van der Waals surface area contributed by atoms with E-state index in [1.165, 1.54) is 12.1 Å². The predicted octanol–water partition coefficient (Wildman–Crippen LogP) is 3.54. The fourth-order valence-electron chi connectivity index (χ4n) is 1.28. The molecule has 4 nitrogen and oxygen atoms in total. The first-order valence-corrected chi connectivity index (χ1v) is 5.50. The molecule has 1 aromatic heterocycles. The molecule has 0 unspecified atom stereocenters. The van der Waals surface area contributed by atoms with Gasteiger partial charge < -0.3 is 5.32 Å². The lowest BCUT2D eigenvalue weighted by Gasteiger charge is -2.08. The van der Waals surface area contributed by atoms with Crippen molar-refractivity contribution >= 4 is 34.7 Å². The summed E-state index contributed by atoms with van der Waals surface area (Å²) in [7, 11) is 0.